The van der Waals surface area contributed by atoms with Crippen molar-refractivity contribution in [3.8, 4) is 11.1 Å². The Kier molecular flexibility index (Phi) is 4.80. The molecule has 3 rings (SSSR count). The maximum atomic E-state index is 12.6. The molecule has 0 saturated carbocycles. The fraction of sp³-hybridized carbons (Fsp3) is 0.143. The van der Waals surface area contributed by atoms with Crippen molar-refractivity contribution in [3.63, 3.8) is 0 Å². The van der Waals surface area contributed by atoms with Crippen LogP contribution in [0.5, 0.6) is 0 Å². The summed E-state index contributed by atoms with van der Waals surface area (Å²) in [6, 6.07) is 20.5. The second kappa shape index (κ2) is 7.18. The van der Waals surface area contributed by atoms with Crippen molar-refractivity contribution >= 4 is 5.97 Å². The SMILES string of the molecule is COC(=O)c1ccccc1-c1cc(C)n(Cc2ccccc2)c(=O)c1. The molecule has 0 amide bonds. The van der Waals surface area contributed by atoms with Gasteiger partial charge in [-0.3, -0.25) is 4.79 Å². The number of benzene rings is 2. The van der Waals surface area contributed by atoms with Crippen LogP contribution in [0.2, 0.25) is 0 Å². The van der Waals surface area contributed by atoms with Gasteiger partial charge in [-0.25, -0.2) is 4.79 Å². The number of carbonyl (C=O) groups is 1. The predicted molar refractivity (Wildman–Crippen MR) is 97.8 cm³/mol. The molecule has 3 aromatic rings. The number of nitrogens with zero attached hydrogens (tertiary/aromatic N) is 1. The summed E-state index contributed by atoms with van der Waals surface area (Å²) < 4.78 is 6.56. The van der Waals surface area contributed by atoms with Gasteiger partial charge in [0.15, 0.2) is 0 Å². The molecule has 1 heterocycles. The van der Waals surface area contributed by atoms with Crippen LogP contribution in [0.15, 0.2) is 71.5 Å². The Hall–Kier alpha value is -3.14. The van der Waals surface area contributed by atoms with E-state index >= 15 is 0 Å². The van der Waals surface area contributed by atoms with Gasteiger partial charge in [0.2, 0.25) is 0 Å². The molecule has 0 aliphatic heterocycles. The van der Waals surface area contributed by atoms with Crippen molar-refractivity contribution in [2.24, 2.45) is 0 Å². The van der Waals surface area contributed by atoms with Gasteiger partial charge in [-0.15, -0.1) is 0 Å². The number of hydrogen-bond acceptors (Lipinski definition) is 3. The minimum absolute atomic E-state index is 0.0986. The van der Waals surface area contributed by atoms with E-state index in [1.54, 1.807) is 22.8 Å². The standard InChI is InChI=1S/C21H19NO3/c1-15-12-17(18-10-6-7-11-19(18)21(24)25-2)13-20(23)22(15)14-16-8-4-3-5-9-16/h3-13H,14H2,1-2H3. The number of rotatable bonds is 4. The summed E-state index contributed by atoms with van der Waals surface area (Å²) in [5.74, 6) is -0.415. The molecule has 25 heavy (non-hydrogen) atoms. The number of methoxy groups -OCH3 is 1. The van der Waals surface area contributed by atoms with Crippen molar-refractivity contribution in [1.82, 2.24) is 4.57 Å². The number of aromatic nitrogens is 1. The number of pyridine rings is 1. The quantitative estimate of drug-likeness (QED) is 0.685. The molecule has 0 saturated heterocycles. The van der Waals surface area contributed by atoms with E-state index in [0.717, 1.165) is 11.3 Å². The van der Waals surface area contributed by atoms with E-state index in [1.807, 2.05) is 55.5 Å². The number of ether oxygens (including phenoxy) is 1. The summed E-state index contributed by atoms with van der Waals surface area (Å²) in [5, 5.41) is 0. The number of carbonyl (C=O) groups excluding carboxylic acids is 1. The maximum Gasteiger partial charge on any atom is 0.338 e. The van der Waals surface area contributed by atoms with Crippen molar-refractivity contribution in [2.75, 3.05) is 7.11 Å². The van der Waals surface area contributed by atoms with Gasteiger partial charge in [0.05, 0.1) is 19.2 Å². The highest BCUT2D eigenvalue weighted by Crippen LogP contribution is 2.24. The molecule has 0 atom stereocenters. The molecule has 4 nitrogen and oxygen atoms in total. The molecule has 0 unspecified atom stereocenters. The van der Waals surface area contributed by atoms with Crippen LogP contribution >= 0.6 is 0 Å². The zero-order valence-electron chi connectivity index (χ0n) is 14.2. The maximum absolute atomic E-state index is 12.6. The van der Waals surface area contributed by atoms with Crippen LogP contribution in [-0.4, -0.2) is 17.6 Å². The molecule has 0 aliphatic carbocycles. The third-order valence-electron chi connectivity index (χ3n) is 4.16. The topological polar surface area (TPSA) is 48.3 Å². The Morgan fingerprint density at radius 2 is 1.68 bits per heavy atom. The van der Waals surface area contributed by atoms with Gasteiger partial charge in [-0.1, -0.05) is 48.5 Å². The third-order valence-corrected chi connectivity index (χ3v) is 4.16. The Bertz CT molecular complexity index is 958. The number of hydrogen-bond donors (Lipinski definition) is 0. The van der Waals surface area contributed by atoms with Crippen LogP contribution in [0.1, 0.15) is 21.6 Å². The average Bonchev–Trinajstić information content (AvgIpc) is 2.64. The summed E-state index contributed by atoms with van der Waals surface area (Å²) in [5.41, 5.74) is 3.67. The van der Waals surface area contributed by atoms with Crippen molar-refractivity contribution in [3.05, 3.63) is 93.9 Å². The Balaban J connectivity index is 2.04. The van der Waals surface area contributed by atoms with E-state index in [1.165, 1.54) is 7.11 Å². The lowest BCUT2D eigenvalue weighted by atomic mass is 10.00. The van der Waals surface area contributed by atoms with E-state index in [2.05, 4.69) is 0 Å². The molecule has 1 aromatic heterocycles. The van der Waals surface area contributed by atoms with Crippen LogP contribution in [0.4, 0.5) is 0 Å². The molecular formula is C21H19NO3. The first kappa shape index (κ1) is 16.7. The first-order chi connectivity index (χ1) is 12.1. The van der Waals surface area contributed by atoms with Crippen molar-refractivity contribution in [1.29, 1.82) is 0 Å². The summed E-state index contributed by atoms with van der Waals surface area (Å²) in [4.78, 5) is 24.6. The highest BCUT2D eigenvalue weighted by Gasteiger charge is 2.14. The van der Waals surface area contributed by atoms with E-state index in [0.29, 0.717) is 23.2 Å². The first-order valence-corrected chi connectivity index (χ1v) is 8.03. The monoisotopic (exact) mass is 333 g/mol. The average molecular weight is 333 g/mol. The second-order valence-electron chi connectivity index (χ2n) is 5.83. The first-order valence-electron chi connectivity index (χ1n) is 8.03. The normalized spacial score (nSPS) is 10.5. The summed E-state index contributed by atoms with van der Waals surface area (Å²) in [7, 11) is 1.35. The van der Waals surface area contributed by atoms with E-state index in [-0.39, 0.29) is 5.56 Å². The molecular weight excluding hydrogens is 314 g/mol. The minimum atomic E-state index is -0.415. The largest absolute Gasteiger partial charge is 0.465 e. The fourth-order valence-electron chi connectivity index (χ4n) is 2.88. The number of aryl methyl sites for hydroxylation is 1. The smallest absolute Gasteiger partial charge is 0.338 e. The Morgan fingerprint density at radius 1 is 1.00 bits per heavy atom. The van der Waals surface area contributed by atoms with Gasteiger partial charge in [-0.2, -0.15) is 0 Å². The van der Waals surface area contributed by atoms with Crippen LogP contribution < -0.4 is 5.56 Å². The predicted octanol–water partition coefficient (Wildman–Crippen LogP) is 3.66. The molecule has 0 aliphatic rings. The Morgan fingerprint density at radius 3 is 2.36 bits per heavy atom. The van der Waals surface area contributed by atoms with E-state index in [4.69, 9.17) is 4.74 Å². The van der Waals surface area contributed by atoms with Gasteiger partial charge in [0.25, 0.3) is 5.56 Å². The molecule has 4 heteroatoms. The van der Waals surface area contributed by atoms with Gasteiger partial charge >= 0.3 is 5.97 Å². The van der Waals surface area contributed by atoms with Gasteiger partial charge in [-0.05, 0) is 35.7 Å². The van der Waals surface area contributed by atoms with Crippen LogP contribution in [-0.2, 0) is 11.3 Å². The molecule has 0 bridgehead atoms. The number of esters is 1. The summed E-state index contributed by atoms with van der Waals surface area (Å²) in [6.45, 7) is 2.42. The van der Waals surface area contributed by atoms with Crippen LogP contribution in [0.3, 0.4) is 0 Å². The zero-order chi connectivity index (χ0) is 17.8. The van der Waals surface area contributed by atoms with Crippen molar-refractivity contribution in [2.45, 2.75) is 13.5 Å². The highest BCUT2D eigenvalue weighted by atomic mass is 16.5. The molecule has 0 N–H and O–H groups in total. The molecule has 0 radical (unpaired) electrons. The minimum Gasteiger partial charge on any atom is -0.465 e. The molecule has 126 valence electrons. The third kappa shape index (κ3) is 3.53. The van der Waals surface area contributed by atoms with Gasteiger partial charge in [0, 0.05) is 11.8 Å². The lowest BCUT2D eigenvalue weighted by Crippen LogP contribution is -2.22. The molecule has 2 aromatic carbocycles. The van der Waals surface area contributed by atoms with E-state index < -0.39 is 5.97 Å². The highest BCUT2D eigenvalue weighted by molar-refractivity contribution is 5.97. The van der Waals surface area contributed by atoms with Gasteiger partial charge < -0.3 is 9.30 Å². The lowest BCUT2D eigenvalue weighted by Gasteiger charge is -2.13. The lowest BCUT2D eigenvalue weighted by molar-refractivity contribution is 0.0601. The molecule has 0 spiro atoms. The zero-order valence-corrected chi connectivity index (χ0v) is 14.2. The van der Waals surface area contributed by atoms with E-state index in [9.17, 15) is 9.59 Å². The summed E-state index contributed by atoms with van der Waals surface area (Å²) in [6.07, 6.45) is 0. The summed E-state index contributed by atoms with van der Waals surface area (Å²) >= 11 is 0. The Labute approximate surface area is 146 Å². The van der Waals surface area contributed by atoms with Crippen molar-refractivity contribution < 1.29 is 9.53 Å². The fourth-order valence-corrected chi connectivity index (χ4v) is 2.88. The van der Waals surface area contributed by atoms with Gasteiger partial charge in [0.1, 0.15) is 0 Å². The van der Waals surface area contributed by atoms with Crippen LogP contribution in [0.25, 0.3) is 11.1 Å². The second-order valence-corrected chi connectivity index (χ2v) is 5.83. The molecule has 0 fully saturated rings. The van der Waals surface area contributed by atoms with Crippen LogP contribution in [0, 0.1) is 6.92 Å².